The van der Waals surface area contributed by atoms with E-state index in [0.717, 1.165) is 11.1 Å². The van der Waals surface area contributed by atoms with Gasteiger partial charge in [-0.15, -0.1) is 0 Å². The van der Waals surface area contributed by atoms with Crippen molar-refractivity contribution in [2.24, 2.45) is 5.92 Å². The molecule has 0 aromatic heterocycles. The first-order valence-corrected chi connectivity index (χ1v) is 16.2. The Morgan fingerprint density at radius 3 is 1.66 bits per heavy atom. The fourth-order valence-electron chi connectivity index (χ4n) is 6.08. The zero-order valence-electron chi connectivity index (χ0n) is 29.5. The topological polar surface area (TPSA) is 95.6 Å². The Hall–Kier alpha value is -4.36. The van der Waals surface area contributed by atoms with Crippen LogP contribution in [0.3, 0.4) is 0 Å². The Kier molecular flexibility index (Phi) is 12.2. The second-order valence-electron chi connectivity index (χ2n) is 13.8. The van der Waals surface area contributed by atoms with Crippen molar-refractivity contribution < 1.29 is 19.2 Å². The lowest BCUT2D eigenvalue weighted by atomic mass is 9.74. The van der Waals surface area contributed by atoms with Gasteiger partial charge in [-0.1, -0.05) is 133 Å². The maximum Gasteiger partial charge on any atom is 0.246 e. The summed E-state index contributed by atoms with van der Waals surface area (Å²) < 4.78 is 0. The highest BCUT2D eigenvalue weighted by atomic mass is 16.2. The molecule has 3 aromatic rings. The molecular weight excluding hydrogens is 586 g/mol. The Morgan fingerprint density at radius 2 is 1.17 bits per heavy atom. The molecule has 0 saturated heterocycles. The van der Waals surface area contributed by atoms with Crippen LogP contribution in [-0.2, 0) is 25.2 Å². The van der Waals surface area contributed by atoms with Gasteiger partial charge in [-0.05, 0) is 43.5 Å². The van der Waals surface area contributed by atoms with Crippen molar-refractivity contribution in [2.45, 2.75) is 84.3 Å². The molecule has 2 N–H and O–H groups in total. The van der Waals surface area contributed by atoms with Crippen LogP contribution in [0.2, 0.25) is 0 Å². The summed E-state index contributed by atoms with van der Waals surface area (Å²) in [5.74, 6) is -0.752. The predicted molar refractivity (Wildman–Crippen MR) is 189 cm³/mol. The first-order valence-electron chi connectivity index (χ1n) is 16.2. The SMILES string of the molecule is CN[C@H](C(=O)N[C@H](C(=O)N(C)[C@H](/C=C(\C)C(C)=O)C(C)C)C(C)(C)c1ccc(C(=O)c2ccccc2)cc1)C(C)(C)c1ccccc1. The third-order valence-electron chi connectivity index (χ3n) is 9.43. The van der Waals surface area contributed by atoms with Gasteiger partial charge in [0.1, 0.15) is 6.04 Å². The number of Topliss-reactive ketones (excluding diaryl/α,β-unsaturated/α-hetero) is 1. The van der Waals surface area contributed by atoms with E-state index in [1.807, 2.05) is 108 Å². The van der Waals surface area contributed by atoms with E-state index in [1.54, 1.807) is 50.2 Å². The number of rotatable bonds is 14. The summed E-state index contributed by atoms with van der Waals surface area (Å²) in [7, 11) is 3.47. The van der Waals surface area contributed by atoms with Gasteiger partial charge in [0, 0.05) is 29.0 Å². The summed E-state index contributed by atoms with van der Waals surface area (Å²) in [6.45, 7) is 15.1. The van der Waals surface area contributed by atoms with Gasteiger partial charge in [-0.3, -0.25) is 19.2 Å². The summed E-state index contributed by atoms with van der Waals surface area (Å²) in [6.07, 6.45) is 1.83. The van der Waals surface area contributed by atoms with Crippen LogP contribution in [0, 0.1) is 5.92 Å². The number of benzene rings is 3. The number of allylic oxidation sites excluding steroid dienone is 1. The van der Waals surface area contributed by atoms with Crippen LogP contribution in [0.1, 0.15) is 82.4 Å². The molecule has 3 atom stereocenters. The molecule has 0 unspecified atom stereocenters. The van der Waals surface area contributed by atoms with Gasteiger partial charge in [0.15, 0.2) is 11.6 Å². The number of hydrogen-bond acceptors (Lipinski definition) is 5. The summed E-state index contributed by atoms with van der Waals surface area (Å²) in [4.78, 5) is 55.7. The average molecular weight is 638 g/mol. The van der Waals surface area contributed by atoms with Crippen molar-refractivity contribution in [3.8, 4) is 0 Å². The zero-order chi connectivity index (χ0) is 35.1. The molecule has 0 radical (unpaired) electrons. The number of likely N-dealkylation sites (N-methyl/N-ethyl adjacent to an activating group) is 2. The number of carbonyl (C=O) groups is 4. The summed E-state index contributed by atoms with van der Waals surface area (Å²) in [5.41, 5.74) is 1.96. The van der Waals surface area contributed by atoms with Crippen LogP contribution >= 0.6 is 0 Å². The number of hydrogen-bond donors (Lipinski definition) is 2. The van der Waals surface area contributed by atoms with E-state index in [2.05, 4.69) is 10.6 Å². The van der Waals surface area contributed by atoms with Crippen molar-refractivity contribution in [3.63, 3.8) is 0 Å². The lowest BCUT2D eigenvalue weighted by Gasteiger charge is -2.41. The molecule has 0 spiro atoms. The minimum absolute atomic E-state index is 0.00284. The van der Waals surface area contributed by atoms with Crippen molar-refractivity contribution in [1.29, 1.82) is 0 Å². The Labute approximate surface area is 280 Å². The molecule has 0 bridgehead atoms. The Morgan fingerprint density at radius 1 is 0.702 bits per heavy atom. The van der Waals surface area contributed by atoms with Gasteiger partial charge in [-0.25, -0.2) is 0 Å². The highest BCUT2D eigenvalue weighted by molar-refractivity contribution is 6.09. The quantitative estimate of drug-likeness (QED) is 0.161. The number of nitrogens with one attached hydrogen (secondary N) is 2. The fraction of sp³-hybridized carbons (Fsp3) is 0.400. The van der Waals surface area contributed by atoms with E-state index in [4.69, 9.17) is 0 Å². The largest absolute Gasteiger partial charge is 0.342 e. The molecule has 0 heterocycles. The molecule has 47 heavy (non-hydrogen) atoms. The van der Waals surface area contributed by atoms with Crippen molar-refractivity contribution >= 4 is 23.4 Å². The van der Waals surface area contributed by atoms with Crippen LogP contribution in [0.4, 0.5) is 0 Å². The second kappa shape index (κ2) is 15.5. The molecular formula is C40H51N3O4. The highest BCUT2D eigenvalue weighted by Gasteiger charge is 2.44. The molecule has 0 aliphatic carbocycles. The van der Waals surface area contributed by atoms with Gasteiger partial charge >= 0.3 is 0 Å². The van der Waals surface area contributed by atoms with Crippen LogP contribution < -0.4 is 10.6 Å². The molecule has 7 heteroatoms. The van der Waals surface area contributed by atoms with E-state index in [9.17, 15) is 19.2 Å². The highest BCUT2D eigenvalue weighted by Crippen LogP contribution is 2.32. The van der Waals surface area contributed by atoms with E-state index >= 15 is 0 Å². The standard InChI is InChI=1S/C40H51N3O4/c1-26(2)33(25-27(3)28(4)44)43(10)38(47)36(42-37(46)35(41-9)39(5,6)31-19-15-12-16-20-31)40(7,8)32-23-21-30(22-24-32)34(45)29-17-13-11-14-18-29/h11-26,33,35-36,41H,1-10H3,(H,42,46)/b27-25+/t33-,35-,36-/m1/s1. The van der Waals surface area contributed by atoms with Crippen molar-refractivity contribution in [1.82, 2.24) is 15.5 Å². The smallest absolute Gasteiger partial charge is 0.246 e. The lowest BCUT2D eigenvalue weighted by molar-refractivity contribution is -0.139. The van der Waals surface area contributed by atoms with Crippen LogP contribution in [-0.4, -0.2) is 60.5 Å². The molecule has 3 aromatic carbocycles. The molecule has 0 aliphatic heterocycles. The first-order chi connectivity index (χ1) is 22.0. The number of nitrogens with zero attached hydrogens (tertiary/aromatic N) is 1. The average Bonchev–Trinajstić information content (AvgIpc) is 3.05. The van der Waals surface area contributed by atoms with E-state index in [0.29, 0.717) is 16.7 Å². The summed E-state index contributed by atoms with van der Waals surface area (Å²) >= 11 is 0. The summed E-state index contributed by atoms with van der Waals surface area (Å²) in [5, 5.41) is 6.35. The molecule has 0 aliphatic rings. The Bertz CT molecular complexity index is 1570. The van der Waals surface area contributed by atoms with Gasteiger partial charge < -0.3 is 15.5 Å². The fourth-order valence-corrected chi connectivity index (χ4v) is 6.08. The maximum absolute atomic E-state index is 14.6. The molecule has 0 saturated carbocycles. The lowest BCUT2D eigenvalue weighted by Crippen LogP contribution is -2.63. The monoisotopic (exact) mass is 637 g/mol. The van der Waals surface area contributed by atoms with Crippen LogP contribution in [0.5, 0.6) is 0 Å². The van der Waals surface area contributed by atoms with E-state index in [-0.39, 0.29) is 35.3 Å². The van der Waals surface area contributed by atoms with E-state index in [1.165, 1.54) is 6.92 Å². The molecule has 3 rings (SSSR count). The third-order valence-corrected chi connectivity index (χ3v) is 9.43. The predicted octanol–water partition coefficient (Wildman–Crippen LogP) is 6.26. The van der Waals surface area contributed by atoms with Crippen molar-refractivity contribution in [3.05, 3.63) is 119 Å². The maximum atomic E-state index is 14.6. The minimum atomic E-state index is -0.981. The first kappa shape index (κ1) is 37.1. The third kappa shape index (κ3) is 8.52. The van der Waals surface area contributed by atoms with Gasteiger partial charge in [0.2, 0.25) is 11.8 Å². The van der Waals surface area contributed by atoms with E-state index < -0.39 is 22.9 Å². The number of ketones is 2. The van der Waals surface area contributed by atoms with Crippen molar-refractivity contribution in [2.75, 3.05) is 14.1 Å². The van der Waals surface area contributed by atoms with Gasteiger partial charge in [-0.2, -0.15) is 0 Å². The zero-order valence-corrected chi connectivity index (χ0v) is 29.5. The number of amides is 2. The normalized spacial score (nSPS) is 14.2. The molecule has 0 fully saturated rings. The van der Waals surface area contributed by atoms with Crippen LogP contribution in [0.15, 0.2) is 96.6 Å². The van der Waals surface area contributed by atoms with Gasteiger partial charge in [0.25, 0.3) is 0 Å². The van der Waals surface area contributed by atoms with Gasteiger partial charge in [0.05, 0.1) is 12.1 Å². The van der Waals surface area contributed by atoms with Crippen LogP contribution in [0.25, 0.3) is 0 Å². The number of carbonyl (C=O) groups excluding carboxylic acids is 4. The molecule has 250 valence electrons. The second-order valence-corrected chi connectivity index (χ2v) is 13.8. The minimum Gasteiger partial charge on any atom is -0.342 e. The molecule has 2 amide bonds. The summed E-state index contributed by atoms with van der Waals surface area (Å²) in [6, 6.07) is 24.1. The molecule has 7 nitrogen and oxygen atoms in total. The Balaban J connectivity index is 2.07.